The molecule has 0 amide bonds. The predicted octanol–water partition coefficient (Wildman–Crippen LogP) is -3.62. The summed E-state index contributed by atoms with van der Waals surface area (Å²) >= 11 is 0. The van der Waals surface area contributed by atoms with Crippen LogP contribution in [-0.4, -0.2) is 98.6 Å². The molecule has 0 saturated carbocycles. The molecule has 0 radical (unpaired) electrons. The molecule has 182 valence electrons. The van der Waals surface area contributed by atoms with Crippen LogP contribution in [0, 0.1) is 0 Å². The van der Waals surface area contributed by atoms with Gasteiger partial charge in [0, 0.05) is 0 Å². The molecule has 0 aliphatic rings. The Bertz CT molecular complexity index is 615. The molecule has 28 heavy (non-hydrogen) atoms. The first-order valence-corrected chi connectivity index (χ1v) is 10.5. The molecule has 22 nitrogen and oxygen atoms in total. The van der Waals surface area contributed by atoms with E-state index in [1.165, 1.54) is 0 Å². The third kappa shape index (κ3) is 358000. The summed E-state index contributed by atoms with van der Waals surface area (Å²) in [5.41, 5.74) is 0. The zero-order valence-electron chi connectivity index (χ0n) is 11.8. The molecule has 0 atom stereocenters. The molecule has 12 N–H and O–H groups in total. The van der Waals surface area contributed by atoms with Gasteiger partial charge < -0.3 is 11.0 Å². The summed E-state index contributed by atoms with van der Waals surface area (Å²) in [5, 5.41) is 0. The average Bonchev–Trinajstić information content (AvgIpc) is 1.79. The fourth-order valence-electron chi connectivity index (χ4n) is 0. The van der Waals surface area contributed by atoms with E-state index < -0.39 is 52.0 Å². The second kappa shape index (κ2) is 20.1. The van der Waals surface area contributed by atoms with Crippen LogP contribution in [-0.2, 0) is 69.1 Å². The average molecular weight is 580 g/mol. The van der Waals surface area contributed by atoms with Crippen molar-refractivity contribution in [3.05, 3.63) is 0 Å². The van der Waals surface area contributed by atoms with E-state index in [0.717, 1.165) is 0 Å². The van der Waals surface area contributed by atoms with Crippen LogP contribution in [0.4, 0.5) is 0 Å². The molecule has 0 saturated heterocycles. The van der Waals surface area contributed by atoms with Crippen molar-refractivity contribution in [2.75, 3.05) is 0 Å². The van der Waals surface area contributed by atoms with Gasteiger partial charge in [0.15, 0.2) is 0 Å². The van der Waals surface area contributed by atoms with Crippen LogP contribution in [0.15, 0.2) is 0 Å². The number of hydrogen-bond acceptors (Lipinski definition) is 12. The molecule has 0 rings (SSSR count). The van der Waals surface area contributed by atoms with Crippen molar-refractivity contribution in [1.82, 2.24) is 0 Å². The molecular weight excluding hydrogens is 568 g/mol. The zero-order chi connectivity index (χ0) is 22.5. The van der Waals surface area contributed by atoms with Crippen LogP contribution in [0.5, 0.6) is 0 Å². The quantitative estimate of drug-likeness (QED) is 0.0975. The molecule has 0 aromatic rings. The van der Waals surface area contributed by atoms with Crippen molar-refractivity contribution in [2.24, 2.45) is 0 Å². The third-order valence-electron chi connectivity index (χ3n) is 0. The van der Waals surface area contributed by atoms with Gasteiger partial charge in [-0.2, -0.15) is 42.1 Å². The summed E-state index contributed by atoms with van der Waals surface area (Å²) in [7, 11) is -23.3. The van der Waals surface area contributed by atoms with Crippen LogP contribution in [0.3, 0.4) is 0 Å². The van der Waals surface area contributed by atoms with Crippen molar-refractivity contribution < 1.29 is 116 Å². The Hall–Kier alpha value is -0.211. The molecule has 0 heterocycles. The third-order valence-corrected chi connectivity index (χ3v) is 0. The first kappa shape index (κ1) is 50.9. The maximum absolute atomic E-state index is 8.74. The summed E-state index contributed by atoms with van der Waals surface area (Å²) in [6, 6.07) is 0. The number of hydrogen-bond donors (Lipinski definition) is 10. The van der Waals surface area contributed by atoms with E-state index in [2.05, 4.69) is 0 Å². The molecule has 0 aromatic carbocycles. The van der Waals surface area contributed by atoms with Gasteiger partial charge in [0.2, 0.25) is 0 Å². The zero-order valence-corrected chi connectivity index (χ0v) is 17.0. The monoisotopic (exact) mass is 580 g/mol. The van der Waals surface area contributed by atoms with E-state index in [-0.39, 0.29) is 28.0 Å². The molecular formula is H12FeO22S5. The molecule has 0 unspecified atom stereocenters. The van der Waals surface area contributed by atoms with Gasteiger partial charge in [-0.05, 0) is 0 Å². The van der Waals surface area contributed by atoms with Gasteiger partial charge in [-0.25, -0.2) is 0 Å². The summed E-state index contributed by atoms with van der Waals surface area (Å²) in [5.74, 6) is 0. The van der Waals surface area contributed by atoms with Crippen molar-refractivity contribution in [1.29, 1.82) is 0 Å². The van der Waals surface area contributed by atoms with Crippen LogP contribution in [0.2, 0.25) is 0 Å². The maximum atomic E-state index is 8.74. The van der Waals surface area contributed by atoms with E-state index in [9.17, 15) is 0 Å². The fourth-order valence-corrected chi connectivity index (χ4v) is 0. The van der Waals surface area contributed by atoms with Crippen LogP contribution in [0.25, 0.3) is 0 Å². The van der Waals surface area contributed by atoms with Gasteiger partial charge in [-0.1, -0.05) is 0 Å². The van der Waals surface area contributed by atoms with Gasteiger partial charge in [0.1, 0.15) is 0 Å². The molecule has 0 spiro atoms. The first-order valence-electron chi connectivity index (χ1n) is 3.49. The van der Waals surface area contributed by atoms with E-state index >= 15 is 0 Å². The van der Waals surface area contributed by atoms with Crippen LogP contribution < -0.4 is 0 Å². The van der Waals surface area contributed by atoms with Crippen molar-refractivity contribution in [3.63, 3.8) is 0 Å². The Morgan fingerprint density at radius 1 is 0.286 bits per heavy atom. The summed E-state index contributed by atoms with van der Waals surface area (Å²) in [4.78, 5) is 0. The van der Waals surface area contributed by atoms with E-state index in [1.807, 2.05) is 0 Å². The van der Waals surface area contributed by atoms with Crippen LogP contribution in [0.1, 0.15) is 0 Å². The minimum atomic E-state index is -4.67. The minimum Gasteiger partial charge on any atom is -0.870 e. The molecule has 0 fully saturated rings. The molecule has 0 bridgehead atoms. The Balaban J connectivity index is -0.0000000290. The van der Waals surface area contributed by atoms with Crippen molar-refractivity contribution in [3.8, 4) is 0 Å². The standard InChI is InChI=1S/Fe.5H2O4S.2H2O/c;5*1-5(2,3)4;;/h;5*(H2,1,2,3,4);2*1H2/q+2;;;;;;;/p-2. The Morgan fingerprint density at radius 3 is 0.286 bits per heavy atom. The first-order chi connectivity index (χ1) is 10.0. The van der Waals surface area contributed by atoms with Gasteiger partial charge in [0.05, 0.1) is 0 Å². The van der Waals surface area contributed by atoms with Crippen LogP contribution >= 0.6 is 0 Å². The summed E-state index contributed by atoms with van der Waals surface area (Å²) in [6.07, 6.45) is 0. The van der Waals surface area contributed by atoms with Gasteiger partial charge in [0.25, 0.3) is 0 Å². The van der Waals surface area contributed by atoms with Gasteiger partial charge >= 0.3 is 69.1 Å². The smallest absolute Gasteiger partial charge is 0.870 e. The molecule has 0 aliphatic heterocycles. The predicted molar refractivity (Wildman–Crippen MR) is 74.8 cm³/mol. The minimum absolute atomic E-state index is 0. The van der Waals surface area contributed by atoms with Crippen molar-refractivity contribution in [2.45, 2.75) is 0 Å². The second-order valence-corrected chi connectivity index (χ2v) is 6.72. The van der Waals surface area contributed by atoms with E-state index in [1.54, 1.807) is 0 Å². The Kier molecular flexibility index (Phi) is 36.5. The molecule has 28 heteroatoms. The normalized spacial score (nSPS) is 10.4. The Labute approximate surface area is 167 Å². The van der Waals surface area contributed by atoms with Gasteiger partial charge in [-0.3, -0.25) is 45.5 Å². The second-order valence-electron chi connectivity index (χ2n) is 2.24. The molecule has 0 aromatic heterocycles. The van der Waals surface area contributed by atoms with Gasteiger partial charge in [-0.15, -0.1) is 0 Å². The Morgan fingerprint density at radius 2 is 0.286 bits per heavy atom. The number of rotatable bonds is 0. The summed E-state index contributed by atoms with van der Waals surface area (Å²) in [6.45, 7) is 0. The van der Waals surface area contributed by atoms with E-state index in [4.69, 9.17) is 87.6 Å². The van der Waals surface area contributed by atoms with E-state index in [0.29, 0.717) is 0 Å². The molecule has 0 aliphatic carbocycles. The van der Waals surface area contributed by atoms with Crippen molar-refractivity contribution >= 4 is 52.0 Å². The fraction of sp³-hybridized carbons (Fsp3) is 0. The SMILES string of the molecule is O=S(=O)(O)O.O=S(=O)(O)O.O=S(=O)(O)O.O=S(=O)(O)O.O=S(=O)(O)O.[Fe+2].[OH-].[OH-]. The summed E-state index contributed by atoms with van der Waals surface area (Å²) < 4.78 is 158. The largest absolute Gasteiger partial charge is 2.00 e. The maximum Gasteiger partial charge on any atom is 2.00 e. The topological polar surface area (TPSA) is 433 Å².